The van der Waals surface area contributed by atoms with Crippen molar-refractivity contribution < 1.29 is 24.2 Å². The highest BCUT2D eigenvalue weighted by atomic mass is 16.5. The average Bonchev–Trinajstić information content (AvgIpc) is 3.15. The fraction of sp³-hybridized carbons (Fsp3) is 0.759. The van der Waals surface area contributed by atoms with E-state index in [-0.39, 0.29) is 30.4 Å². The van der Waals surface area contributed by atoms with Gasteiger partial charge in [0.2, 0.25) is 17.7 Å². The summed E-state index contributed by atoms with van der Waals surface area (Å²) in [6.07, 6.45) is 16.3. The number of rotatable bonds is 8. The molecular weight excluding hydrogens is 470 g/mol. The van der Waals surface area contributed by atoms with Crippen LogP contribution in [-0.4, -0.2) is 93.6 Å². The number of carbonyl (C=O) groups is 3. The second kappa shape index (κ2) is 10.5. The Morgan fingerprint density at radius 1 is 0.919 bits per heavy atom. The zero-order valence-corrected chi connectivity index (χ0v) is 22.4. The maximum absolute atomic E-state index is 14.4. The molecule has 2 saturated heterocycles. The van der Waals surface area contributed by atoms with Crippen molar-refractivity contribution in [1.29, 1.82) is 0 Å². The van der Waals surface area contributed by atoms with Crippen molar-refractivity contribution in [1.82, 2.24) is 14.7 Å². The molecule has 1 unspecified atom stereocenters. The summed E-state index contributed by atoms with van der Waals surface area (Å²) in [5.74, 6) is -1.65. The van der Waals surface area contributed by atoms with Crippen molar-refractivity contribution in [3.8, 4) is 0 Å². The highest BCUT2D eigenvalue weighted by molar-refractivity contribution is 6.00. The smallest absolute Gasteiger partial charge is 0.249 e. The van der Waals surface area contributed by atoms with Crippen molar-refractivity contribution in [3.05, 3.63) is 24.3 Å². The molecule has 0 aromatic rings. The molecule has 0 aromatic carbocycles. The van der Waals surface area contributed by atoms with Crippen LogP contribution in [0.25, 0.3) is 0 Å². The highest BCUT2D eigenvalue weighted by Crippen LogP contribution is 2.57. The van der Waals surface area contributed by atoms with Crippen LogP contribution in [0.15, 0.2) is 24.3 Å². The van der Waals surface area contributed by atoms with Gasteiger partial charge < -0.3 is 24.5 Å². The van der Waals surface area contributed by atoms with Gasteiger partial charge in [-0.25, -0.2) is 0 Å². The predicted octanol–water partition coefficient (Wildman–Crippen LogP) is 2.66. The van der Waals surface area contributed by atoms with Crippen LogP contribution in [0, 0.1) is 11.8 Å². The Labute approximate surface area is 220 Å². The topological polar surface area (TPSA) is 90.4 Å². The number of hydrogen-bond donors (Lipinski definition) is 1. The monoisotopic (exact) mass is 513 g/mol. The van der Waals surface area contributed by atoms with Gasteiger partial charge in [-0.1, -0.05) is 50.5 Å². The normalized spacial score (nSPS) is 36.0. The van der Waals surface area contributed by atoms with Crippen molar-refractivity contribution in [2.24, 2.45) is 11.8 Å². The van der Waals surface area contributed by atoms with Crippen molar-refractivity contribution >= 4 is 17.7 Å². The Hall–Kier alpha value is -2.19. The van der Waals surface area contributed by atoms with Gasteiger partial charge in [0.15, 0.2) is 0 Å². The van der Waals surface area contributed by atoms with Gasteiger partial charge in [-0.3, -0.25) is 14.4 Å². The Bertz CT molecular complexity index is 959. The first-order chi connectivity index (χ1) is 17.9. The van der Waals surface area contributed by atoms with Crippen LogP contribution in [0.2, 0.25) is 0 Å². The Morgan fingerprint density at radius 3 is 2.41 bits per heavy atom. The largest absolute Gasteiger partial charge is 0.396 e. The van der Waals surface area contributed by atoms with Gasteiger partial charge >= 0.3 is 0 Å². The van der Waals surface area contributed by atoms with E-state index in [9.17, 15) is 19.5 Å². The van der Waals surface area contributed by atoms with Crippen LogP contribution in [0.4, 0.5) is 0 Å². The molecule has 0 radical (unpaired) electrons. The van der Waals surface area contributed by atoms with E-state index >= 15 is 0 Å². The van der Waals surface area contributed by atoms with Gasteiger partial charge in [0.05, 0.1) is 17.4 Å². The molecule has 5 rings (SSSR count). The van der Waals surface area contributed by atoms with Gasteiger partial charge in [0, 0.05) is 38.8 Å². The van der Waals surface area contributed by atoms with Gasteiger partial charge in [0.25, 0.3) is 0 Å². The molecule has 3 amide bonds. The van der Waals surface area contributed by atoms with Crippen LogP contribution in [0.5, 0.6) is 0 Å². The molecule has 1 spiro atoms. The lowest BCUT2D eigenvalue weighted by Gasteiger charge is -2.40. The van der Waals surface area contributed by atoms with Gasteiger partial charge in [-0.05, 0) is 45.4 Å². The number of carbonyl (C=O) groups excluding carboxylic acids is 3. The maximum Gasteiger partial charge on any atom is 0.249 e. The summed E-state index contributed by atoms with van der Waals surface area (Å²) in [7, 11) is 0. The molecule has 1 N–H and O–H groups in total. The fourth-order valence-electron chi connectivity index (χ4n) is 7.59. The van der Waals surface area contributed by atoms with Crippen molar-refractivity contribution in [2.75, 3.05) is 32.8 Å². The third-order valence-corrected chi connectivity index (χ3v) is 9.24. The van der Waals surface area contributed by atoms with Crippen LogP contribution in [0.3, 0.4) is 0 Å². The molecule has 3 fully saturated rings. The number of ether oxygens (including phenoxy) is 1. The number of aliphatic hydroxyl groups is 1. The van der Waals surface area contributed by atoms with Crippen LogP contribution in [-0.2, 0) is 19.1 Å². The van der Waals surface area contributed by atoms with E-state index in [1.807, 2.05) is 48.0 Å². The maximum atomic E-state index is 14.4. The molecule has 4 heterocycles. The molecule has 1 saturated carbocycles. The number of aliphatic hydroxyl groups excluding tert-OH is 1. The number of amides is 3. The van der Waals surface area contributed by atoms with Gasteiger partial charge in [-0.2, -0.15) is 0 Å². The third-order valence-electron chi connectivity index (χ3n) is 9.24. The Kier molecular flexibility index (Phi) is 7.51. The van der Waals surface area contributed by atoms with E-state index in [0.29, 0.717) is 39.0 Å². The second-order valence-electron chi connectivity index (χ2n) is 11.7. The first kappa shape index (κ1) is 26.4. The fourth-order valence-corrected chi connectivity index (χ4v) is 7.59. The quantitative estimate of drug-likeness (QED) is 0.398. The van der Waals surface area contributed by atoms with E-state index < -0.39 is 29.1 Å². The third kappa shape index (κ3) is 4.34. The number of nitrogens with zero attached hydrogens (tertiary/aromatic N) is 3. The molecule has 0 bridgehead atoms. The lowest BCUT2D eigenvalue weighted by Crippen LogP contribution is -2.57. The molecule has 204 valence electrons. The molecule has 5 aliphatic rings. The standard InChI is InChI=1S/C29H43N3O5/c1-3-16-30-17-10-14-28(2)22(25(30)34)23-26(35)32(18-8-5-9-20-33)24-27(36)31(21-12-6-4-7-13-21)19-11-15-29(23,24)37-28/h10-11,14-15,21-24,33H,3-9,12-13,16-20H2,1-2H3/t22-,23-,24?,28+,29-/m0/s1. The molecule has 37 heavy (non-hydrogen) atoms. The SMILES string of the molecule is CCCN1CC=C[C@@]2(C)O[C@]34C=CCN(C5CCCCC5)C(=O)C3N(CCCCCO)C(=O)[C@@H]4[C@H]2C1=O. The minimum atomic E-state index is -1.16. The zero-order valence-electron chi connectivity index (χ0n) is 22.4. The van der Waals surface area contributed by atoms with Crippen molar-refractivity contribution in [2.45, 2.75) is 94.9 Å². The Morgan fingerprint density at radius 2 is 1.68 bits per heavy atom. The minimum absolute atomic E-state index is 0.0446. The van der Waals surface area contributed by atoms with Crippen molar-refractivity contribution in [3.63, 3.8) is 0 Å². The molecule has 8 heteroatoms. The molecule has 0 aromatic heterocycles. The Balaban J connectivity index is 1.55. The molecule has 4 aliphatic heterocycles. The highest BCUT2D eigenvalue weighted by Gasteiger charge is 2.74. The second-order valence-corrected chi connectivity index (χ2v) is 11.7. The summed E-state index contributed by atoms with van der Waals surface area (Å²) in [5, 5.41) is 9.25. The summed E-state index contributed by atoms with van der Waals surface area (Å²) in [5.41, 5.74) is -2.12. The number of fused-ring (bicyclic) bond motifs is 2. The average molecular weight is 514 g/mol. The van der Waals surface area contributed by atoms with Crippen LogP contribution < -0.4 is 0 Å². The lowest BCUT2D eigenvalue weighted by atomic mass is 9.74. The summed E-state index contributed by atoms with van der Waals surface area (Å²) < 4.78 is 6.89. The first-order valence-electron chi connectivity index (χ1n) is 14.4. The van der Waals surface area contributed by atoms with Gasteiger partial charge in [-0.15, -0.1) is 0 Å². The number of hydrogen-bond acceptors (Lipinski definition) is 5. The molecule has 1 aliphatic carbocycles. The first-order valence-corrected chi connectivity index (χ1v) is 14.4. The molecule has 5 atom stereocenters. The van der Waals surface area contributed by atoms with Gasteiger partial charge in [0.1, 0.15) is 11.6 Å². The summed E-state index contributed by atoms with van der Waals surface area (Å²) in [4.78, 5) is 48.2. The van der Waals surface area contributed by atoms with E-state index in [1.165, 1.54) is 6.42 Å². The van der Waals surface area contributed by atoms with E-state index in [0.717, 1.165) is 38.5 Å². The van der Waals surface area contributed by atoms with E-state index in [1.54, 1.807) is 4.90 Å². The number of likely N-dealkylation sites (tertiary alicyclic amines) is 1. The number of unbranched alkanes of at least 4 members (excludes halogenated alkanes) is 2. The summed E-state index contributed by atoms with van der Waals surface area (Å²) in [6, 6.07) is -0.597. The predicted molar refractivity (Wildman–Crippen MR) is 139 cm³/mol. The van der Waals surface area contributed by atoms with E-state index in [2.05, 4.69) is 0 Å². The molecule has 8 nitrogen and oxygen atoms in total. The zero-order chi connectivity index (χ0) is 26.2. The lowest BCUT2D eigenvalue weighted by molar-refractivity contribution is -0.154. The molecular formula is C29H43N3O5. The minimum Gasteiger partial charge on any atom is -0.396 e. The van der Waals surface area contributed by atoms with E-state index in [4.69, 9.17) is 4.74 Å². The van der Waals surface area contributed by atoms with Crippen LogP contribution in [0.1, 0.15) is 71.6 Å². The summed E-state index contributed by atoms with van der Waals surface area (Å²) >= 11 is 0. The van der Waals surface area contributed by atoms with Crippen LogP contribution >= 0.6 is 0 Å². The summed E-state index contributed by atoms with van der Waals surface area (Å²) in [6.45, 7) is 6.14.